The van der Waals surface area contributed by atoms with Crippen molar-refractivity contribution in [3.8, 4) is 0 Å². The minimum Gasteiger partial charge on any atom is -0.392 e. The molecule has 0 saturated carbocycles. The van der Waals surface area contributed by atoms with Gasteiger partial charge in [-0.25, -0.2) is 17.5 Å². The summed E-state index contributed by atoms with van der Waals surface area (Å²) in [4.78, 5) is -0.0457. The number of nitrogens with one attached hydrogen (secondary N) is 1. The lowest BCUT2D eigenvalue weighted by Gasteiger charge is -2.10. The van der Waals surface area contributed by atoms with Crippen molar-refractivity contribution in [2.45, 2.75) is 25.0 Å². The lowest BCUT2D eigenvalue weighted by atomic mass is 10.1. The molecule has 2 aromatic rings. The van der Waals surface area contributed by atoms with E-state index in [1.165, 1.54) is 24.3 Å². The topological polar surface area (TPSA) is 66.4 Å². The summed E-state index contributed by atoms with van der Waals surface area (Å²) in [6.07, 6.45) is 0. The molecule has 1 heterocycles. The van der Waals surface area contributed by atoms with Crippen molar-refractivity contribution in [2.24, 2.45) is 0 Å². The standard InChI is InChI=1S/C13H14FNO3S2/c1-9-4-12(5-11(7-16)13(9)14)20(17,18)15-6-10-2-3-19-8-10/h2-5,8,15-16H,6-7H2,1H3. The minimum atomic E-state index is -3.73. The largest absolute Gasteiger partial charge is 0.392 e. The number of benzene rings is 1. The summed E-state index contributed by atoms with van der Waals surface area (Å²) >= 11 is 1.48. The fourth-order valence-corrected chi connectivity index (χ4v) is 3.55. The third-order valence-electron chi connectivity index (χ3n) is 2.83. The average Bonchev–Trinajstić information content (AvgIpc) is 2.92. The van der Waals surface area contributed by atoms with Crippen molar-refractivity contribution in [2.75, 3.05) is 0 Å². The summed E-state index contributed by atoms with van der Waals surface area (Å²) in [6, 6.07) is 4.23. The number of hydrogen-bond donors (Lipinski definition) is 2. The summed E-state index contributed by atoms with van der Waals surface area (Å²) in [6.45, 7) is 1.10. The molecular formula is C13H14FNO3S2. The van der Waals surface area contributed by atoms with Gasteiger partial charge in [0.2, 0.25) is 10.0 Å². The summed E-state index contributed by atoms with van der Waals surface area (Å²) in [5, 5.41) is 12.8. The quantitative estimate of drug-likeness (QED) is 0.888. The van der Waals surface area contributed by atoms with E-state index in [4.69, 9.17) is 5.11 Å². The fourth-order valence-electron chi connectivity index (χ4n) is 1.73. The third-order valence-corrected chi connectivity index (χ3v) is 4.94. The van der Waals surface area contributed by atoms with E-state index in [0.717, 1.165) is 11.6 Å². The van der Waals surface area contributed by atoms with Crippen LogP contribution in [-0.4, -0.2) is 13.5 Å². The van der Waals surface area contributed by atoms with Crippen molar-refractivity contribution in [3.63, 3.8) is 0 Å². The van der Waals surface area contributed by atoms with Crippen LogP contribution < -0.4 is 4.72 Å². The van der Waals surface area contributed by atoms with Gasteiger partial charge in [-0.2, -0.15) is 11.3 Å². The molecule has 0 saturated heterocycles. The Bertz CT molecular complexity index is 697. The maximum Gasteiger partial charge on any atom is 0.240 e. The Labute approximate surface area is 120 Å². The van der Waals surface area contributed by atoms with Gasteiger partial charge in [-0.15, -0.1) is 0 Å². The highest BCUT2D eigenvalue weighted by Gasteiger charge is 2.17. The molecule has 1 aromatic heterocycles. The van der Waals surface area contributed by atoms with Crippen LogP contribution >= 0.6 is 11.3 Å². The van der Waals surface area contributed by atoms with Gasteiger partial charge in [-0.1, -0.05) is 0 Å². The summed E-state index contributed by atoms with van der Waals surface area (Å²) in [5.41, 5.74) is 1.02. The molecule has 108 valence electrons. The van der Waals surface area contributed by atoms with E-state index in [9.17, 15) is 12.8 Å². The molecule has 0 fully saturated rings. The van der Waals surface area contributed by atoms with Gasteiger partial charge in [0, 0.05) is 12.1 Å². The molecule has 2 rings (SSSR count). The molecule has 0 aliphatic carbocycles. The maximum atomic E-state index is 13.6. The van der Waals surface area contributed by atoms with Gasteiger partial charge in [0.15, 0.2) is 0 Å². The van der Waals surface area contributed by atoms with Crippen LogP contribution in [0.2, 0.25) is 0 Å². The predicted octanol–water partition coefficient (Wildman–Crippen LogP) is 2.17. The Balaban J connectivity index is 2.27. The van der Waals surface area contributed by atoms with Crippen LogP contribution in [0.4, 0.5) is 4.39 Å². The Hall–Kier alpha value is -1.28. The van der Waals surface area contributed by atoms with Crippen molar-refractivity contribution >= 4 is 21.4 Å². The van der Waals surface area contributed by atoms with Crippen LogP contribution in [0.25, 0.3) is 0 Å². The van der Waals surface area contributed by atoms with Gasteiger partial charge < -0.3 is 5.11 Å². The number of rotatable bonds is 5. The molecule has 0 unspecified atom stereocenters. The van der Waals surface area contributed by atoms with Crippen LogP contribution in [0.5, 0.6) is 0 Å². The molecule has 0 atom stereocenters. The molecule has 2 N–H and O–H groups in total. The van der Waals surface area contributed by atoms with Crippen LogP contribution in [-0.2, 0) is 23.2 Å². The van der Waals surface area contributed by atoms with E-state index in [-0.39, 0.29) is 22.6 Å². The van der Waals surface area contributed by atoms with E-state index < -0.39 is 22.4 Å². The van der Waals surface area contributed by atoms with Crippen LogP contribution in [0.3, 0.4) is 0 Å². The highest BCUT2D eigenvalue weighted by atomic mass is 32.2. The van der Waals surface area contributed by atoms with Gasteiger partial charge in [0.1, 0.15) is 5.82 Å². The van der Waals surface area contributed by atoms with Crippen LogP contribution in [0.15, 0.2) is 33.9 Å². The number of hydrogen-bond acceptors (Lipinski definition) is 4. The maximum absolute atomic E-state index is 13.6. The zero-order valence-electron chi connectivity index (χ0n) is 10.8. The highest BCUT2D eigenvalue weighted by molar-refractivity contribution is 7.89. The van der Waals surface area contributed by atoms with E-state index in [1.807, 2.05) is 16.8 Å². The van der Waals surface area contributed by atoms with E-state index >= 15 is 0 Å². The molecule has 7 heteroatoms. The van der Waals surface area contributed by atoms with Crippen molar-refractivity contribution < 1.29 is 17.9 Å². The van der Waals surface area contributed by atoms with Crippen LogP contribution in [0.1, 0.15) is 16.7 Å². The number of thiophene rings is 1. The molecule has 4 nitrogen and oxygen atoms in total. The first-order valence-corrected chi connectivity index (χ1v) is 8.27. The number of aryl methyl sites for hydroxylation is 1. The van der Waals surface area contributed by atoms with Crippen molar-refractivity contribution in [1.29, 1.82) is 0 Å². The average molecular weight is 315 g/mol. The zero-order chi connectivity index (χ0) is 14.8. The normalized spacial score (nSPS) is 11.8. The Morgan fingerprint density at radius 3 is 2.75 bits per heavy atom. The first-order valence-electron chi connectivity index (χ1n) is 5.84. The van der Waals surface area contributed by atoms with E-state index in [0.29, 0.717) is 0 Å². The first kappa shape index (κ1) is 15.1. The second-order valence-corrected chi connectivity index (χ2v) is 6.87. The highest BCUT2D eigenvalue weighted by Crippen LogP contribution is 2.19. The number of halogens is 1. The Morgan fingerprint density at radius 2 is 2.15 bits per heavy atom. The lowest BCUT2D eigenvalue weighted by molar-refractivity contribution is 0.275. The zero-order valence-corrected chi connectivity index (χ0v) is 12.4. The van der Waals surface area contributed by atoms with E-state index in [1.54, 1.807) is 0 Å². The fraction of sp³-hybridized carbons (Fsp3) is 0.231. The van der Waals surface area contributed by atoms with Gasteiger partial charge in [0.05, 0.1) is 11.5 Å². The molecule has 0 aliphatic rings. The molecule has 0 bridgehead atoms. The SMILES string of the molecule is Cc1cc(S(=O)(=O)NCc2ccsc2)cc(CO)c1F. The predicted molar refractivity (Wildman–Crippen MR) is 75.4 cm³/mol. The van der Waals surface area contributed by atoms with Gasteiger partial charge in [0.25, 0.3) is 0 Å². The molecule has 1 aromatic carbocycles. The summed E-state index contributed by atoms with van der Waals surface area (Å²) in [7, 11) is -3.73. The third kappa shape index (κ3) is 3.24. The molecule has 0 aliphatic heterocycles. The molecule has 0 amide bonds. The van der Waals surface area contributed by atoms with Crippen molar-refractivity contribution in [3.05, 3.63) is 51.5 Å². The first-order chi connectivity index (χ1) is 9.44. The van der Waals surface area contributed by atoms with Crippen molar-refractivity contribution in [1.82, 2.24) is 4.72 Å². The second-order valence-electron chi connectivity index (χ2n) is 4.33. The smallest absolute Gasteiger partial charge is 0.240 e. The Morgan fingerprint density at radius 1 is 1.40 bits per heavy atom. The lowest BCUT2D eigenvalue weighted by Crippen LogP contribution is -2.23. The molecular weight excluding hydrogens is 301 g/mol. The van der Waals surface area contributed by atoms with Crippen LogP contribution in [0, 0.1) is 12.7 Å². The monoisotopic (exact) mass is 315 g/mol. The Kier molecular flexibility index (Phi) is 4.54. The van der Waals surface area contributed by atoms with E-state index in [2.05, 4.69) is 4.72 Å². The number of aliphatic hydroxyl groups is 1. The number of sulfonamides is 1. The minimum absolute atomic E-state index is 0.0269. The summed E-state index contributed by atoms with van der Waals surface area (Å²) in [5.74, 6) is -0.579. The number of aliphatic hydroxyl groups excluding tert-OH is 1. The molecule has 20 heavy (non-hydrogen) atoms. The molecule has 0 spiro atoms. The van der Waals surface area contributed by atoms with Gasteiger partial charge in [-0.3, -0.25) is 0 Å². The molecule has 0 radical (unpaired) electrons. The van der Waals surface area contributed by atoms with Gasteiger partial charge >= 0.3 is 0 Å². The second kappa shape index (κ2) is 6.01. The van der Waals surface area contributed by atoms with Gasteiger partial charge in [-0.05, 0) is 47.0 Å². The summed E-state index contributed by atoms with van der Waals surface area (Å²) < 4.78 is 40.4.